The van der Waals surface area contributed by atoms with Gasteiger partial charge in [0.25, 0.3) is 0 Å². The Morgan fingerprint density at radius 3 is 2.74 bits per heavy atom. The topological polar surface area (TPSA) is 58.1 Å². The molecule has 0 aliphatic carbocycles. The van der Waals surface area contributed by atoms with Crippen LogP contribution in [0.3, 0.4) is 0 Å². The lowest BCUT2D eigenvalue weighted by Gasteiger charge is -2.37. The molecule has 27 heavy (non-hydrogen) atoms. The second kappa shape index (κ2) is 8.33. The Morgan fingerprint density at radius 1 is 1.19 bits per heavy atom. The molecule has 0 spiro atoms. The van der Waals surface area contributed by atoms with Crippen LogP contribution in [-0.4, -0.2) is 34.7 Å². The molecule has 5 nitrogen and oxygen atoms in total. The van der Waals surface area contributed by atoms with Crippen LogP contribution in [-0.2, 0) is 4.79 Å². The van der Waals surface area contributed by atoms with E-state index in [2.05, 4.69) is 33.7 Å². The fraction of sp³-hybridized carbons (Fsp3) is 0.211. The molecule has 1 aliphatic heterocycles. The average molecular weight is 415 g/mol. The van der Waals surface area contributed by atoms with Gasteiger partial charge in [0.1, 0.15) is 0 Å². The Balaban J connectivity index is 1.60. The van der Waals surface area contributed by atoms with E-state index in [4.69, 9.17) is 0 Å². The highest BCUT2D eigenvalue weighted by Crippen LogP contribution is 2.43. The number of carbonyl (C=O) groups excluding carboxylic acids is 1. The van der Waals surface area contributed by atoms with Crippen molar-refractivity contribution in [3.63, 3.8) is 0 Å². The number of para-hydroxylation sites is 1. The molecule has 1 atom stereocenters. The fourth-order valence-corrected chi connectivity index (χ4v) is 5.71. The zero-order valence-electron chi connectivity index (χ0n) is 14.7. The van der Waals surface area contributed by atoms with Crippen molar-refractivity contribution < 1.29 is 4.79 Å². The van der Waals surface area contributed by atoms with Gasteiger partial charge in [0, 0.05) is 17.7 Å². The number of carbonyl (C=O) groups is 1. The van der Waals surface area contributed by atoms with Gasteiger partial charge in [-0.3, -0.25) is 4.79 Å². The normalized spacial score (nSPS) is 16.0. The minimum atomic E-state index is 0.0292. The van der Waals surface area contributed by atoms with Gasteiger partial charge in [-0.2, -0.15) is 0 Å². The predicted octanol–water partition coefficient (Wildman–Crippen LogP) is 4.55. The Labute approximate surface area is 170 Å². The van der Waals surface area contributed by atoms with E-state index >= 15 is 0 Å². The number of fused-ring (bicyclic) bond motifs is 1. The maximum atomic E-state index is 13.2. The molecule has 1 N–H and O–H groups in total. The molecular weight excluding hydrogens is 396 g/mol. The minimum absolute atomic E-state index is 0.0292. The van der Waals surface area contributed by atoms with Crippen molar-refractivity contribution in [2.24, 2.45) is 0 Å². The van der Waals surface area contributed by atoms with Gasteiger partial charge in [0.15, 0.2) is 4.34 Å². The zero-order valence-corrected chi connectivity index (χ0v) is 17.1. The first-order valence-electron chi connectivity index (χ1n) is 8.49. The maximum absolute atomic E-state index is 13.2. The van der Waals surface area contributed by atoms with Gasteiger partial charge in [-0.25, -0.2) is 0 Å². The second-order valence-corrected chi connectivity index (χ2v) is 9.14. The third-order valence-corrected chi connectivity index (χ3v) is 7.42. The number of anilines is 2. The van der Waals surface area contributed by atoms with Crippen LogP contribution in [0.1, 0.15) is 11.6 Å². The van der Waals surface area contributed by atoms with Crippen LogP contribution in [0.2, 0.25) is 0 Å². The Kier molecular flexibility index (Phi) is 5.66. The monoisotopic (exact) mass is 414 g/mol. The molecule has 1 aromatic heterocycles. The molecule has 1 amide bonds. The number of nitrogens with one attached hydrogen (secondary N) is 1. The molecule has 3 aromatic rings. The van der Waals surface area contributed by atoms with Crippen LogP contribution in [0.15, 0.2) is 63.8 Å². The van der Waals surface area contributed by atoms with Gasteiger partial charge < -0.3 is 10.2 Å². The summed E-state index contributed by atoms with van der Waals surface area (Å²) < 4.78 is 0.795. The number of benzene rings is 2. The van der Waals surface area contributed by atoms with Gasteiger partial charge in [-0.15, -0.1) is 22.0 Å². The van der Waals surface area contributed by atoms with E-state index in [1.54, 1.807) is 11.8 Å². The van der Waals surface area contributed by atoms with Crippen molar-refractivity contribution in [3.8, 4) is 0 Å². The smallest absolute Gasteiger partial charge is 0.238 e. The van der Waals surface area contributed by atoms with Crippen LogP contribution in [0.25, 0.3) is 0 Å². The Hall–Kier alpha value is -2.03. The first-order chi connectivity index (χ1) is 13.3. The summed E-state index contributed by atoms with van der Waals surface area (Å²) in [5.74, 6) is 1.27. The summed E-state index contributed by atoms with van der Waals surface area (Å²) in [6.07, 6.45) is 0. The Morgan fingerprint density at radius 2 is 1.96 bits per heavy atom. The summed E-state index contributed by atoms with van der Waals surface area (Å²) in [6.45, 7) is 0. The van der Waals surface area contributed by atoms with Crippen LogP contribution >= 0.6 is 34.9 Å². The van der Waals surface area contributed by atoms with E-state index in [1.807, 2.05) is 48.3 Å². The standard InChI is InChI=1S/C19H18N4OS3/c1-20-18-21-22-19(27-18)26-12-17(24)23-14-9-5-6-10-16(14)25-11-15(23)13-7-3-2-4-8-13/h2-10,15H,11-12H2,1H3,(H,20,21). The van der Waals surface area contributed by atoms with Crippen LogP contribution in [0.4, 0.5) is 10.8 Å². The summed E-state index contributed by atoms with van der Waals surface area (Å²) in [5, 5.41) is 11.9. The Bertz CT molecular complexity index is 931. The van der Waals surface area contributed by atoms with Gasteiger partial charge in [-0.05, 0) is 17.7 Å². The van der Waals surface area contributed by atoms with Crippen molar-refractivity contribution >= 4 is 51.6 Å². The van der Waals surface area contributed by atoms with Crippen molar-refractivity contribution in [1.29, 1.82) is 0 Å². The average Bonchev–Trinajstić information content (AvgIpc) is 3.20. The SMILES string of the molecule is CNc1nnc(SCC(=O)N2c3ccccc3SCC2c2ccccc2)s1. The number of rotatable bonds is 5. The van der Waals surface area contributed by atoms with Crippen molar-refractivity contribution in [2.45, 2.75) is 15.3 Å². The van der Waals surface area contributed by atoms with Crippen molar-refractivity contribution in [1.82, 2.24) is 10.2 Å². The molecule has 0 saturated carbocycles. The van der Waals surface area contributed by atoms with Gasteiger partial charge in [0.05, 0.1) is 17.5 Å². The summed E-state index contributed by atoms with van der Waals surface area (Å²) in [7, 11) is 1.81. The van der Waals surface area contributed by atoms with E-state index in [9.17, 15) is 4.79 Å². The van der Waals surface area contributed by atoms with Gasteiger partial charge in [-0.1, -0.05) is 65.6 Å². The summed E-state index contributed by atoms with van der Waals surface area (Å²) in [5.41, 5.74) is 2.15. The number of thioether (sulfide) groups is 2. The van der Waals surface area contributed by atoms with Crippen LogP contribution < -0.4 is 10.2 Å². The van der Waals surface area contributed by atoms with Crippen LogP contribution in [0, 0.1) is 0 Å². The molecule has 0 bridgehead atoms. The highest BCUT2D eigenvalue weighted by Gasteiger charge is 2.32. The molecule has 2 heterocycles. The lowest BCUT2D eigenvalue weighted by atomic mass is 10.1. The molecule has 1 aliphatic rings. The quantitative estimate of drug-likeness (QED) is 0.618. The summed E-state index contributed by atoms with van der Waals surface area (Å²) in [6, 6.07) is 18.4. The summed E-state index contributed by atoms with van der Waals surface area (Å²) >= 11 is 4.70. The highest BCUT2D eigenvalue weighted by molar-refractivity contribution is 8.01. The molecular formula is C19H18N4OS3. The molecule has 2 aromatic carbocycles. The fourth-order valence-electron chi connectivity index (χ4n) is 2.98. The molecule has 8 heteroatoms. The van der Waals surface area contributed by atoms with Crippen LogP contribution in [0.5, 0.6) is 0 Å². The number of aromatic nitrogens is 2. The number of nitrogens with zero attached hydrogens (tertiary/aromatic N) is 3. The van der Waals surface area contributed by atoms with E-state index < -0.39 is 0 Å². The predicted molar refractivity (Wildman–Crippen MR) is 114 cm³/mol. The highest BCUT2D eigenvalue weighted by atomic mass is 32.2. The number of hydrogen-bond donors (Lipinski definition) is 1. The van der Waals surface area contributed by atoms with Gasteiger partial charge in [0.2, 0.25) is 11.0 Å². The lowest BCUT2D eigenvalue weighted by molar-refractivity contribution is -0.116. The zero-order chi connectivity index (χ0) is 18.6. The maximum Gasteiger partial charge on any atom is 0.238 e. The van der Waals surface area contributed by atoms with Crippen molar-refractivity contribution in [2.75, 3.05) is 28.8 Å². The molecule has 0 fully saturated rings. The first-order valence-corrected chi connectivity index (χ1v) is 11.3. The minimum Gasteiger partial charge on any atom is -0.363 e. The summed E-state index contributed by atoms with van der Waals surface area (Å²) in [4.78, 5) is 16.3. The molecule has 1 unspecified atom stereocenters. The molecule has 138 valence electrons. The largest absolute Gasteiger partial charge is 0.363 e. The number of amides is 1. The van der Waals surface area contributed by atoms with Crippen molar-refractivity contribution in [3.05, 3.63) is 60.2 Å². The second-order valence-electron chi connectivity index (χ2n) is 5.88. The third kappa shape index (κ3) is 3.97. The molecule has 0 saturated heterocycles. The first kappa shape index (κ1) is 18.3. The number of hydrogen-bond acceptors (Lipinski definition) is 7. The molecule has 4 rings (SSSR count). The van der Waals surface area contributed by atoms with E-state index in [0.29, 0.717) is 5.75 Å². The van der Waals surface area contributed by atoms with Gasteiger partial charge >= 0.3 is 0 Å². The third-order valence-electron chi connectivity index (χ3n) is 4.23. The molecule has 0 radical (unpaired) electrons. The van der Waals surface area contributed by atoms with E-state index in [1.165, 1.54) is 23.1 Å². The van der Waals surface area contributed by atoms with E-state index in [-0.39, 0.29) is 11.9 Å². The lowest BCUT2D eigenvalue weighted by Crippen LogP contribution is -2.39. The van der Waals surface area contributed by atoms with E-state index in [0.717, 1.165) is 31.4 Å².